The molecular weight excluding hydrogens is 200 g/mol. The van der Waals surface area contributed by atoms with Gasteiger partial charge in [-0.15, -0.1) is 0 Å². The topological polar surface area (TPSA) is 24.5 Å². The van der Waals surface area contributed by atoms with Crippen molar-refractivity contribution in [3.63, 3.8) is 0 Å². The molecule has 1 N–H and O–H groups in total. The zero-order valence-corrected chi connectivity index (χ0v) is 10.1. The number of hydrogen-bond acceptors (Lipinski definition) is 3. The van der Waals surface area contributed by atoms with Gasteiger partial charge in [-0.1, -0.05) is 6.07 Å². The Morgan fingerprint density at radius 2 is 2.19 bits per heavy atom. The second-order valence-corrected chi connectivity index (χ2v) is 4.55. The van der Waals surface area contributed by atoms with Gasteiger partial charge in [-0.3, -0.25) is 0 Å². The molecule has 3 heteroatoms. The van der Waals surface area contributed by atoms with Crippen LogP contribution >= 0.6 is 0 Å². The zero-order valence-electron chi connectivity index (χ0n) is 10.1. The Morgan fingerprint density at radius 1 is 1.38 bits per heavy atom. The van der Waals surface area contributed by atoms with Gasteiger partial charge in [0.25, 0.3) is 0 Å². The maximum absolute atomic E-state index is 5.75. The SMILES string of the molecule is CN(C)c1cccc(OCCC2CNC2)c1. The van der Waals surface area contributed by atoms with Gasteiger partial charge in [-0.05, 0) is 37.6 Å². The molecule has 0 aliphatic carbocycles. The van der Waals surface area contributed by atoms with Gasteiger partial charge in [-0.2, -0.15) is 0 Å². The van der Waals surface area contributed by atoms with Crippen LogP contribution in [0.2, 0.25) is 0 Å². The summed E-state index contributed by atoms with van der Waals surface area (Å²) in [5.74, 6) is 1.79. The predicted molar refractivity (Wildman–Crippen MR) is 67.2 cm³/mol. The van der Waals surface area contributed by atoms with Gasteiger partial charge in [0.2, 0.25) is 0 Å². The lowest BCUT2D eigenvalue weighted by atomic mass is 10.0. The monoisotopic (exact) mass is 220 g/mol. The molecule has 1 aliphatic heterocycles. The number of anilines is 1. The highest BCUT2D eigenvalue weighted by Crippen LogP contribution is 2.20. The van der Waals surface area contributed by atoms with Crippen LogP contribution in [0.5, 0.6) is 5.75 Å². The first-order valence-electron chi connectivity index (χ1n) is 5.86. The fourth-order valence-electron chi connectivity index (χ4n) is 1.75. The molecule has 1 heterocycles. The van der Waals surface area contributed by atoms with Crippen molar-refractivity contribution >= 4 is 5.69 Å². The average Bonchev–Trinajstić information content (AvgIpc) is 2.22. The summed E-state index contributed by atoms with van der Waals surface area (Å²) in [5, 5.41) is 3.27. The second kappa shape index (κ2) is 5.21. The minimum Gasteiger partial charge on any atom is -0.494 e. The van der Waals surface area contributed by atoms with E-state index < -0.39 is 0 Å². The van der Waals surface area contributed by atoms with Crippen LogP contribution in [0.15, 0.2) is 24.3 Å². The quantitative estimate of drug-likeness (QED) is 0.818. The number of ether oxygens (including phenoxy) is 1. The number of benzene rings is 1. The zero-order chi connectivity index (χ0) is 11.4. The summed E-state index contributed by atoms with van der Waals surface area (Å²) >= 11 is 0. The van der Waals surface area contributed by atoms with E-state index in [4.69, 9.17) is 4.74 Å². The van der Waals surface area contributed by atoms with E-state index in [1.165, 1.54) is 5.69 Å². The Balaban J connectivity index is 1.81. The van der Waals surface area contributed by atoms with Crippen LogP contribution in [0.4, 0.5) is 5.69 Å². The first kappa shape index (κ1) is 11.3. The van der Waals surface area contributed by atoms with Crippen LogP contribution in [0, 0.1) is 5.92 Å². The molecule has 0 atom stereocenters. The average molecular weight is 220 g/mol. The fourth-order valence-corrected chi connectivity index (χ4v) is 1.75. The summed E-state index contributed by atoms with van der Waals surface area (Å²) in [5.41, 5.74) is 1.18. The van der Waals surface area contributed by atoms with Crippen molar-refractivity contribution in [1.82, 2.24) is 5.32 Å². The van der Waals surface area contributed by atoms with E-state index in [9.17, 15) is 0 Å². The number of rotatable bonds is 5. The van der Waals surface area contributed by atoms with Gasteiger partial charge in [0.1, 0.15) is 5.75 Å². The summed E-state index contributed by atoms with van der Waals surface area (Å²) in [6, 6.07) is 8.23. The fraction of sp³-hybridized carbons (Fsp3) is 0.538. The third-order valence-corrected chi connectivity index (χ3v) is 2.99. The van der Waals surface area contributed by atoms with E-state index in [0.717, 1.165) is 37.8 Å². The van der Waals surface area contributed by atoms with Crippen molar-refractivity contribution in [2.75, 3.05) is 38.7 Å². The lowest BCUT2D eigenvalue weighted by molar-refractivity contribution is 0.238. The maximum Gasteiger partial charge on any atom is 0.121 e. The first-order chi connectivity index (χ1) is 7.75. The summed E-state index contributed by atoms with van der Waals surface area (Å²) in [4.78, 5) is 2.09. The van der Waals surface area contributed by atoms with E-state index in [0.29, 0.717) is 0 Å². The molecule has 0 unspecified atom stereocenters. The Kier molecular flexibility index (Phi) is 3.67. The molecule has 0 radical (unpaired) electrons. The van der Waals surface area contributed by atoms with Gasteiger partial charge in [-0.25, -0.2) is 0 Å². The van der Waals surface area contributed by atoms with Crippen LogP contribution in [0.1, 0.15) is 6.42 Å². The van der Waals surface area contributed by atoms with Crippen molar-refractivity contribution in [2.24, 2.45) is 5.92 Å². The number of nitrogens with zero attached hydrogens (tertiary/aromatic N) is 1. The van der Waals surface area contributed by atoms with E-state index in [1.54, 1.807) is 0 Å². The van der Waals surface area contributed by atoms with Crippen LogP contribution in [0.25, 0.3) is 0 Å². The molecule has 1 aromatic carbocycles. The van der Waals surface area contributed by atoms with E-state index >= 15 is 0 Å². The minimum atomic E-state index is 0.817. The molecule has 0 spiro atoms. The minimum absolute atomic E-state index is 0.817. The first-order valence-corrected chi connectivity index (χ1v) is 5.86. The standard InChI is InChI=1S/C13H20N2O/c1-15(2)12-4-3-5-13(8-12)16-7-6-11-9-14-10-11/h3-5,8,11,14H,6-7,9-10H2,1-2H3. The highest BCUT2D eigenvalue weighted by atomic mass is 16.5. The molecule has 1 saturated heterocycles. The molecular formula is C13H20N2O. The summed E-state index contributed by atoms with van der Waals surface area (Å²) in [7, 11) is 4.08. The predicted octanol–water partition coefficient (Wildman–Crippen LogP) is 1.74. The molecule has 1 aromatic rings. The third kappa shape index (κ3) is 2.89. The second-order valence-electron chi connectivity index (χ2n) is 4.55. The van der Waals surface area contributed by atoms with Gasteiger partial charge < -0.3 is 15.0 Å². The molecule has 0 saturated carbocycles. The Morgan fingerprint density at radius 3 is 2.81 bits per heavy atom. The molecule has 88 valence electrons. The summed E-state index contributed by atoms with van der Waals surface area (Å²) in [6.45, 7) is 3.13. The number of hydrogen-bond donors (Lipinski definition) is 1. The van der Waals surface area contributed by atoms with Crippen LogP contribution in [-0.2, 0) is 0 Å². The van der Waals surface area contributed by atoms with Gasteiger partial charge in [0.15, 0.2) is 0 Å². The number of nitrogens with one attached hydrogen (secondary N) is 1. The van der Waals surface area contributed by atoms with E-state index in [2.05, 4.69) is 22.3 Å². The molecule has 1 fully saturated rings. The van der Waals surface area contributed by atoms with Gasteiger partial charge in [0.05, 0.1) is 6.61 Å². The lowest BCUT2D eigenvalue weighted by Crippen LogP contribution is -2.42. The van der Waals surface area contributed by atoms with Crippen LogP contribution < -0.4 is 15.0 Å². The Hall–Kier alpha value is -1.22. The van der Waals surface area contributed by atoms with Crippen molar-refractivity contribution in [1.29, 1.82) is 0 Å². The molecule has 3 nitrogen and oxygen atoms in total. The van der Waals surface area contributed by atoms with Gasteiger partial charge in [0, 0.05) is 25.8 Å². The summed E-state index contributed by atoms with van der Waals surface area (Å²) in [6.07, 6.45) is 1.15. The van der Waals surface area contributed by atoms with Crippen LogP contribution in [-0.4, -0.2) is 33.8 Å². The van der Waals surface area contributed by atoms with E-state index in [-0.39, 0.29) is 0 Å². The van der Waals surface area contributed by atoms with Crippen LogP contribution in [0.3, 0.4) is 0 Å². The maximum atomic E-state index is 5.75. The van der Waals surface area contributed by atoms with Crippen molar-refractivity contribution in [3.8, 4) is 5.75 Å². The van der Waals surface area contributed by atoms with Crippen molar-refractivity contribution in [3.05, 3.63) is 24.3 Å². The smallest absolute Gasteiger partial charge is 0.121 e. The molecule has 0 bridgehead atoms. The third-order valence-electron chi connectivity index (χ3n) is 2.99. The van der Waals surface area contributed by atoms with Crippen molar-refractivity contribution < 1.29 is 4.74 Å². The summed E-state index contributed by atoms with van der Waals surface area (Å²) < 4.78 is 5.75. The lowest BCUT2D eigenvalue weighted by Gasteiger charge is -2.26. The largest absolute Gasteiger partial charge is 0.494 e. The Labute approximate surface area is 97.4 Å². The van der Waals surface area contributed by atoms with Gasteiger partial charge >= 0.3 is 0 Å². The molecule has 2 rings (SSSR count). The normalized spacial score (nSPS) is 15.6. The highest BCUT2D eigenvalue weighted by Gasteiger charge is 2.15. The highest BCUT2D eigenvalue weighted by molar-refractivity contribution is 5.49. The molecule has 0 aromatic heterocycles. The Bertz CT molecular complexity index is 334. The molecule has 0 amide bonds. The van der Waals surface area contributed by atoms with E-state index in [1.807, 2.05) is 26.2 Å². The molecule has 16 heavy (non-hydrogen) atoms. The van der Waals surface area contributed by atoms with Crippen molar-refractivity contribution in [2.45, 2.75) is 6.42 Å². The molecule has 1 aliphatic rings.